The number of nitrogens with zero attached hydrogens (tertiary/aromatic N) is 1. The van der Waals surface area contributed by atoms with E-state index < -0.39 is 10.0 Å². The van der Waals surface area contributed by atoms with Crippen LogP contribution >= 0.6 is 10.0 Å². The van der Waals surface area contributed by atoms with Gasteiger partial charge in [-0.2, -0.15) is 0 Å². The lowest BCUT2D eigenvalue weighted by Crippen LogP contribution is -2.52. The van der Waals surface area contributed by atoms with Gasteiger partial charge in [0.2, 0.25) is 6.71 Å². The summed E-state index contributed by atoms with van der Waals surface area (Å²) < 4.78 is 0. The van der Waals surface area contributed by atoms with Crippen LogP contribution in [0.1, 0.15) is 0 Å². The highest BCUT2D eigenvalue weighted by Gasteiger charge is 2.28. The van der Waals surface area contributed by atoms with Crippen molar-refractivity contribution in [3.05, 3.63) is 218 Å². The molecule has 0 spiro atoms. The molecule has 1 N–H and O–H groups in total. The lowest BCUT2D eigenvalue weighted by molar-refractivity contribution is 0.477. The number of rotatable bonds is 9. The fraction of sp³-hybridized carbons (Fsp3) is 0.0526. The summed E-state index contributed by atoms with van der Waals surface area (Å²) in [5.41, 5.74) is 10.8. The third kappa shape index (κ3) is 7.13. The van der Waals surface area contributed by atoms with E-state index in [1.54, 1.807) is 0 Å². The van der Waals surface area contributed by atoms with Crippen LogP contribution < -0.4 is 21.3 Å². The summed E-state index contributed by atoms with van der Waals surface area (Å²) in [6.07, 6.45) is 6.97. The number of phenols is 1. The summed E-state index contributed by atoms with van der Waals surface area (Å²) >= 11 is 0. The van der Waals surface area contributed by atoms with Crippen LogP contribution in [-0.4, -0.2) is 30.6 Å². The second-order valence-electron chi connectivity index (χ2n) is 16.6. The van der Waals surface area contributed by atoms with Crippen molar-refractivity contribution in [3.8, 4) is 28.0 Å². The molecule has 2 nitrogen and oxygen atoms in total. The first-order valence-electron chi connectivity index (χ1n) is 20.9. The number of phenolic OH excluding ortho intramolecular Hbond substituents is 1. The fourth-order valence-corrected chi connectivity index (χ4v) is 10.1. The molecule has 0 unspecified atom stereocenters. The highest BCUT2D eigenvalue weighted by Crippen LogP contribution is 2.48. The first-order valence-corrected chi connectivity index (χ1v) is 23.7. The van der Waals surface area contributed by atoms with Crippen LogP contribution in [0.4, 0.5) is 17.1 Å². The average Bonchev–Trinajstić information content (AvgIpc) is 3.30. The Labute approximate surface area is 360 Å². The standard InChI is InChI=1S/C57H46BNOS/c1-61(2,3)45-34-31-43(32-35-45)59(56-30-14-13-25-48(56)42-17-5-4-6-18-42)44-33-36-52(57(60)39-44)50-37-38-55(51-27-12-11-26-49(50)51)58(53-28-15-21-40-19-7-9-23-46(40)53)54-29-16-22-41-20-8-10-24-47(41)54/h4-39,60H,1-3H3. The van der Waals surface area contributed by atoms with Gasteiger partial charge in [0.05, 0.1) is 5.69 Å². The van der Waals surface area contributed by atoms with Gasteiger partial charge in [0.15, 0.2) is 0 Å². The number of para-hydroxylation sites is 1. The largest absolute Gasteiger partial charge is 0.507 e. The summed E-state index contributed by atoms with van der Waals surface area (Å²) in [7, 11) is -0.905. The van der Waals surface area contributed by atoms with Gasteiger partial charge in [-0.1, -0.05) is 186 Å². The van der Waals surface area contributed by atoms with Crippen LogP contribution in [0.25, 0.3) is 54.6 Å². The second kappa shape index (κ2) is 15.9. The van der Waals surface area contributed by atoms with Gasteiger partial charge in [-0.15, -0.1) is 0 Å². The Morgan fingerprint density at radius 2 is 0.902 bits per heavy atom. The minimum absolute atomic E-state index is 0.0448. The van der Waals surface area contributed by atoms with Gasteiger partial charge in [0.1, 0.15) is 5.75 Å². The summed E-state index contributed by atoms with van der Waals surface area (Å²) in [5, 5.41) is 19.4. The Bertz CT molecular complexity index is 3120. The second-order valence-corrected chi connectivity index (χ2v) is 20.7. The molecule has 4 heteroatoms. The zero-order chi connectivity index (χ0) is 41.5. The lowest BCUT2D eigenvalue weighted by atomic mass is 9.35. The van der Waals surface area contributed by atoms with Crippen molar-refractivity contribution in [1.29, 1.82) is 0 Å². The normalized spacial score (nSPS) is 11.9. The third-order valence-electron chi connectivity index (χ3n) is 12.1. The van der Waals surface area contributed by atoms with E-state index in [0.717, 1.165) is 50.1 Å². The maximum absolute atomic E-state index is 12.2. The van der Waals surface area contributed by atoms with Crippen molar-refractivity contribution >= 4 is 82.5 Å². The maximum Gasteiger partial charge on any atom is 0.243 e. The molecule has 61 heavy (non-hydrogen) atoms. The quantitative estimate of drug-likeness (QED) is 0.147. The molecule has 0 heterocycles. The Morgan fingerprint density at radius 1 is 0.393 bits per heavy atom. The average molecular weight is 804 g/mol. The molecule has 0 fully saturated rings. The fourth-order valence-electron chi connectivity index (χ4n) is 9.16. The van der Waals surface area contributed by atoms with Crippen molar-refractivity contribution < 1.29 is 5.11 Å². The molecule has 0 radical (unpaired) electrons. The topological polar surface area (TPSA) is 23.5 Å². The Balaban J connectivity index is 1.14. The molecular weight excluding hydrogens is 758 g/mol. The van der Waals surface area contributed by atoms with Crippen molar-refractivity contribution in [2.45, 2.75) is 4.90 Å². The summed E-state index contributed by atoms with van der Waals surface area (Å²) in [4.78, 5) is 3.62. The molecule has 0 atom stereocenters. The summed E-state index contributed by atoms with van der Waals surface area (Å²) in [6, 6.07) is 78.2. The number of hydrogen-bond donors (Lipinski definition) is 1. The van der Waals surface area contributed by atoms with Gasteiger partial charge in [0, 0.05) is 28.6 Å². The minimum atomic E-state index is -0.905. The minimum Gasteiger partial charge on any atom is -0.507 e. The summed E-state index contributed by atoms with van der Waals surface area (Å²) in [5.74, 6) is 0.230. The van der Waals surface area contributed by atoms with Crippen LogP contribution in [-0.2, 0) is 0 Å². The van der Waals surface area contributed by atoms with Gasteiger partial charge in [-0.05, 0) is 110 Å². The molecule has 10 aromatic carbocycles. The molecular formula is C57H46BNOS. The molecule has 10 aromatic rings. The zero-order valence-corrected chi connectivity index (χ0v) is 35.5. The van der Waals surface area contributed by atoms with Crippen LogP contribution in [0, 0.1) is 0 Å². The van der Waals surface area contributed by atoms with Crippen molar-refractivity contribution in [2.24, 2.45) is 0 Å². The predicted octanol–water partition coefficient (Wildman–Crippen LogP) is 13.2. The van der Waals surface area contributed by atoms with E-state index in [4.69, 9.17) is 0 Å². The van der Waals surface area contributed by atoms with E-state index in [1.807, 2.05) is 6.07 Å². The highest BCUT2D eigenvalue weighted by molar-refractivity contribution is 8.32. The molecule has 0 saturated carbocycles. The molecule has 0 aliphatic carbocycles. The molecule has 0 aliphatic rings. The predicted molar refractivity (Wildman–Crippen MR) is 267 cm³/mol. The molecule has 0 saturated heterocycles. The first kappa shape index (κ1) is 38.2. The molecule has 0 aromatic heterocycles. The molecule has 0 amide bonds. The molecule has 0 bridgehead atoms. The Hall–Kier alpha value is -7.01. The lowest BCUT2D eigenvalue weighted by Gasteiger charge is -2.30. The third-order valence-corrected chi connectivity index (χ3v) is 13.8. The van der Waals surface area contributed by atoms with E-state index in [2.05, 4.69) is 236 Å². The van der Waals surface area contributed by atoms with Crippen LogP contribution in [0.2, 0.25) is 0 Å². The van der Waals surface area contributed by atoms with Gasteiger partial charge in [-0.3, -0.25) is 0 Å². The van der Waals surface area contributed by atoms with Gasteiger partial charge in [0.25, 0.3) is 0 Å². The SMILES string of the molecule is CS(C)(C)c1ccc(N(c2ccc(-c3ccc(B(c4cccc5ccccc45)c4cccc5ccccc45)c4ccccc34)c(O)c2)c2ccccc2-c2ccccc2)cc1. The van der Waals surface area contributed by atoms with E-state index in [-0.39, 0.29) is 12.5 Å². The molecule has 294 valence electrons. The highest BCUT2D eigenvalue weighted by atomic mass is 32.3. The van der Waals surface area contributed by atoms with Gasteiger partial charge in [-0.25, -0.2) is 10.0 Å². The number of anilines is 3. The number of benzene rings is 10. The number of aromatic hydroxyl groups is 1. The zero-order valence-electron chi connectivity index (χ0n) is 34.7. The van der Waals surface area contributed by atoms with E-state index >= 15 is 0 Å². The number of fused-ring (bicyclic) bond motifs is 3. The monoisotopic (exact) mass is 803 g/mol. The maximum atomic E-state index is 12.2. The van der Waals surface area contributed by atoms with Gasteiger partial charge >= 0.3 is 0 Å². The van der Waals surface area contributed by atoms with E-state index in [9.17, 15) is 5.11 Å². The number of hydrogen-bond acceptors (Lipinski definition) is 2. The first-order chi connectivity index (χ1) is 29.8. The van der Waals surface area contributed by atoms with E-state index in [1.165, 1.54) is 42.8 Å². The Kier molecular flexibility index (Phi) is 9.95. The summed E-state index contributed by atoms with van der Waals surface area (Å²) in [6.45, 7) is -0.0448. The van der Waals surface area contributed by atoms with Crippen molar-refractivity contribution in [1.82, 2.24) is 0 Å². The Morgan fingerprint density at radius 3 is 1.54 bits per heavy atom. The molecule has 10 rings (SSSR count). The smallest absolute Gasteiger partial charge is 0.243 e. The van der Waals surface area contributed by atoms with E-state index in [0.29, 0.717) is 0 Å². The van der Waals surface area contributed by atoms with Gasteiger partial charge < -0.3 is 10.0 Å². The van der Waals surface area contributed by atoms with Crippen LogP contribution in [0.15, 0.2) is 223 Å². The van der Waals surface area contributed by atoms with Crippen LogP contribution in [0.5, 0.6) is 5.75 Å². The van der Waals surface area contributed by atoms with Crippen LogP contribution in [0.3, 0.4) is 0 Å². The molecule has 0 aliphatic heterocycles. The van der Waals surface area contributed by atoms with Crippen molar-refractivity contribution in [3.63, 3.8) is 0 Å². The van der Waals surface area contributed by atoms with Crippen molar-refractivity contribution in [2.75, 3.05) is 23.7 Å².